The Bertz CT molecular complexity index is 1580. The maximum absolute atomic E-state index is 6.25. The Morgan fingerprint density at radius 1 is 0.739 bits per heavy atom. The van der Waals surface area contributed by atoms with Crippen LogP contribution in [-0.4, -0.2) is 48.3 Å². The summed E-state index contributed by atoms with van der Waals surface area (Å²) in [6, 6.07) is 38.1. The summed E-state index contributed by atoms with van der Waals surface area (Å²) in [5.74, 6) is 3.59. The fourth-order valence-corrected chi connectivity index (χ4v) is 6.09. The summed E-state index contributed by atoms with van der Waals surface area (Å²) in [5, 5.41) is 0. The molecule has 5 aromatic rings. The lowest BCUT2D eigenvalue weighted by atomic mass is 9.89. The number of aromatic nitrogens is 2. The van der Waals surface area contributed by atoms with E-state index >= 15 is 0 Å². The molecule has 0 N–H and O–H groups in total. The number of hydrogen-bond donors (Lipinski definition) is 0. The van der Waals surface area contributed by atoms with Crippen molar-refractivity contribution in [3.63, 3.8) is 0 Å². The van der Waals surface area contributed by atoms with Gasteiger partial charge in [-0.3, -0.25) is 0 Å². The average Bonchev–Trinajstić information content (AvgIpc) is 3.46. The van der Waals surface area contributed by atoms with Gasteiger partial charge < -0.3 is 18.9 Å². The Balaban J connectivity index is 1.26. The van der Waals surface area contributed by atoms with Crippen molar-refractivity contribution >= 4 is 0 Å². The first-order valence-corrected chi connectivity index (χ1v) is 16.5. The van der Waals surface area contributed by atoms with Gasteiger partial charge in [0, 0.05) is 41.7 Å². The Kier molecular flexibility index (Phi) is 11.0. The molecule has 5 nitrogen and oxygen atoms in total. The predicted molar refractivity (Wildman–Crippen MR) is 190 cm³/mol. The molecule has 0 saturated heterocycles. The average molecular weight is 616 g/mol. The fourth-order valence-electron chi connectivity index (χ4n) is 6.09. The van der Waals surface area contributed by atoms with Crippen molar-refractivity contribution in [1.82, 2.24) is 14.5 Å². The van der Waals surface area contributed by atoms with Crippen molar-refractivity contribution in [3.8, 4) is 28.4 Å². The molecule has 0 fully saturated rings. The van der Waals surface area contributed by atoms with E-state index in [0.29, 0.717) is 25.0 Å². The van der Waals surface area contributed by atoms with Crippen LogP contribution in [0.15, 0.2) is 115 Å². The van der Waals surface area contributed by atoms with E-state index in [1.54, 1.807) is 0 Å². The van der Waals surface area contributed by atoms with Crippen LogP contribution in [0.3, 0.4) is 0 Å². The summed E-state index contributed by atoms with van der Waals surface area (Å²) in [4.78, 5) is 7.29. The van der Waals surface area contributed by atoms with Crippen molar-refractivity contribution < 1.29 is 9.47 Å². The monoisotopic (exact) mass is 615 g/mol. The van der Waals surface area contributed by atoms with E-state index in [9.17, 15) is 0 Å². The molecule has 0 unspecified atom stereocenters. The first kappa shape index (κ1) is 33.0. The normalized spacial score (nSPS) is 11.8. The molecule has 46 heavy (non-hydrogen) atoms. The van der Waals surface area contributed by atoms with Crippen LogP contribution in [0.25, 0.3) is 16.9 Å². The summed E-state index contributed by atoms with van der Waals surface area (Å²) >= 11 is 0. The van der Waals surface area contributed by atoms with Crippen LogP contribution in [0, 0.1) is 11.3 Å². The third-order valence-electron chi connectivity index (χ3n) is 8.09. The van der Waals surface area contributed by atoms with Crippen LogP contribution in [0.2, 0.25) is 0 Å². The molecule has 0 amide bonds. The standard InChI is InChI=1S/C41H49N3O2/c1-31(2)27-40-42-39(28-44(40)35-19-23-37(24-20-35)46-30-41(3,4)29-43(5)6)34-17-21-36(22-18-34)45-26-25-38(32-13-9-7-10-14-32)33-15-11-8-12-16-33/h7-24,28,31,38H,25-27,29-30H2,1-6H3. The fraction of sp³-hybridized carbons (Fsp3) is 0.341. The largest absolute Gasteiger partial charge is 0.494 e. The highest BCUT2D eigenvalue weighted by atomic mass is 16.5. The van der Waals surface area contributed by atoms with E-state index in [1.165, 1.54) is 11.1 Å². The van der Waals surface area contributed by atoms with Gasteiger partial charge in [0.15, 0.2) is 0 Å². The Morgan fingerprint density at radius 2 is 1.30 bits per heavy atom. The van der Waals surface area contributed by atoms with Gasteiger partial charge >= 0.3 is 0 Å². The molecule has 1 heterocycles. The Morgan fingerprint density at radius 3 is 1.87 bits per heavy atom. The van der Waals surface area contributed by atoms with Crippen LogP contribution in [-0.2, 0) is 6.42 Å². The molecule has 5 heteroatoms. The number of hydrogen-bond acceptors (Lipinski definition) is 4. The van der Waals surface area contributed by atoms with Crippen molar-refractivity contribution in [2.24, 2.45) is 11.3 Å². The zero-order chi connectivity index (χ0) is 32.5. The van der Waals surface area contributed by atoms with E-state index in [2.05, 4.69) is 167 Å². The van der Waals surface area contributed by atoms with Crippen LogP contribution >= 0.6 is 0 Å². The summed E-state index contributed by atoms with van der Waals surface area (Å²) in [6.07, 6.45) is 3.94. The SMILES string of the molecule is CC(C)Cc1nc(-c2ccc(OCCC(c3ccccc3)c3ccccc3)cc2)cn1-c1ccc(OCC(C)(C)CN(C)C)cc1. The third kappa shape index (κ3) is 9.11. The maximum Gasteiger partial charge on any atom is 0.119 e. The van der Waals surface area contributed by atoms with Gasteiger partial charge in [-0.15, -0.1) is 0 Å². The van der Waals surface area contributed by atoms with Gasteiger partial charge in [-0.2, -0.15) is 0 Å². The molecule has 0 radical (unpaired) electrons. The van der Waals surface area contributed by atoms with Crippen molar-refractivity contribution in [3.05, 3.63) is 132 Å². The van der Waals surface area contributed by atoms with E-state index in [1.807, 2.05) is 0 Å². The lowest BCUT2D eigenvalue weighted by Gasteiger charge is -2.28. The zero-order valence-corrected chi connectivity index (χ0v) is 28.3. The van der Waals surface area contributed by atoms with Crippen molar-refractivity contribution in [1.29, 1.82) is 0 Å². The summed E-state index contributed by atoms with van der Waals surface area (Å²) < 4.78 is 14.6. The van der Waals surface area contributed by atoms with Crippen molar-refractivity contribution in [2.45, 2.75) is 46.5 Å². The number of rotatable bonds is 15. The molecule has 0 aliphatic rings. The van der Waals surface area contributed by atoms with Gasteiger partial charge in [0.05, 0.1) is 18.9 Å². The molecule has 0 atom stereocenters. The Hall–Kier alpha value is -4.35. The molecule has 5 rings (SSSR count). The second-order valence-corrected chi connectivity index (χ2v) is 13.7. The van der Waals surface area contributed by atoms with Gasteiger partial charge in [0.1, 0.15) is 17.3 Å². The number of benzene rings is 4. The van der Waals surface area contributed by atoms with E-state index in [0.717, 1.165) is 53.7 Å². The minimum absolute atomic E-state index is 0.0686. The van der Waals surface area contributed by atoms with Crippen LogP contribution in [0.4, 0.5) is 0 Å². The van der Waals surface area contributed by atoms with Gasteiger partial charge in [-0.25, -0.2) is 4.98 Å². The third-order valence-corrected chi connectivity index (χ3v) is 8.09. The lowest BCUT2D eigenvalue weighted by Crippen LogP contribution is -2.33. The highest BCUT2D eigenvalue weighted by Crippen LogP contribution is 2.30. The topological polar surface area (TPSA) is 39.5 Å². The molecular formula is C41H49N3O2. The molecule has 0 bridgehead atoms. The predicted octanol–water partition coefficient (Wildman–Crippen LogP) is 9.31. The van der Waals surface area contributed by atoms with Gasteiger partial charge in [0.2, 0.25) is 0 Å². The minimum Gasteiger partial charge on any atom is -0.494 e. The van der Waals surface area contributed by atoms with Crippen LogP contribution < -0.4 is 9.47 Å². The van der Waals surface area contributed by atoms with Gasteiger partial charge in [-0.05, 0) is 86.1 Å². The lowest BCUT2D eigenvalue weighted by molar-refractivity contribution is 0.141. The zero-order valence-electron chi connectivity index (χ0n) is 28.3. The summed E-state index contributed by atoms with van der Waals surface area (Å²) in [6.45, 7) is 11.2. The first-order valence-electron chi connectivity index (χ1n) is 16.5. The van der Waals surface area contributed by atoms with E-state index < -0.39 is 0 Å². The quantitative estimate of drug-likeness (QED) is 0.118. The van der Waals surface area contributed by atoms with Crippen molar-refractivity contribution in [2.75, 3.05) is 33.9 Å². The summed E-state index contributed by atoms with van der Waals surface area (Å²) in [7, 11) is 4.20. The van der Waals surface area contributed by atoms with E-state index in [4.69, 9.17) is 14.5 Å². The molecule has 0 saturated carbocycles. The van der Waals surface area contributed by atoms with Gasteiger partial charge in [0.25, 0.3) is 0 Å². The number of imidazole rings is 1. The molecule has 0 aliphatic heterocycles. The molecule has 240 valence electrons. The second kappa shape index (κ2) is 15.3. The first-order chi connectivity index (χ1) is 22.2. The highest BCUT2D eigenvalue weighted by molar-refractivity contribution is 5.61. The summed E-state index contributed by atoms with van der Waals surface area (Å²) in [5.41, 5.74) is 5.81. The number of nitrogens with zero attached hydrogens (tertiary/aromatic N) is 3. The minimum atomic E-state index is 0.0686. The Labute approximate surface area is 275 Å². The molecule has 1 aromatic heterocycles. The molecule has 0 aliphatic carbocycles. The molecule has 4 aromatic carbocycles. The van der Waals surface area contributed by atoms with Crippen LogP contribution in [0.5, 0.6) is 11.5 Å². The molecular weight excluding hydrogens is 566 g/mol. The van der Waals surface area contributed by atoms with Gasteiger partial charge in [-0.1, -0.05) is 88.4 Å². The maximum atomic E-state index is 6.25. The van der Waals surface area contributed by atoms with Crippen LogP contribution in [0.1, 0.15) is 57.0 Å². The smallest absolute Gasteiger partial charge is 0.119 e. The van der Waals surface area contributed by atoms with E-state index in [-0.39, 0.29) is 5.41 Å². The second-order valence-electron chi connectivity index (χ2n) is 13.7. The molecule has 0 spiro atoms. The number of ether oxygens (including phenoxy) is 2. The highest BCUT2D eigenvalue weighted by Gasteiger charge is 2.20.